The van der Waals surface area contributed by atoms with E-state index in [0.717, 1.165) is 5.56 Å². The third-order valence-corrected chi connectivity index (χ3v) is 2.58. The summed E-state index contributed by atoms with van der Waals surface area (Å²) < 4.78 is 5.44. The van der Waals surface area contributed by atoms with Gasteiger partial charge in [0.15, 0.2) is 6.61 Å². The Morgan fingerprint density at radius 2 is 1.90 bits per heavy atom. The van der Waals surface area contributed by atoms with Crippen molar-refractivity contribution in [2.75, 3.05) is 13.2 Å². The molecule has 1 aromatic carbocycles. The topological polar surface area (TPSA) is 70.6 Å². The minimum Gasteiger partial charge on any atom is -0.484 e. The molecule has 0 aliphatic heterocycles. The SMILES string of the molecule is C[C@H](O)CNCc1ccc(OCC(=O)NC(C)(C)C)cc1. The van der Waals surface area contributed by atoms with E-state index >= 15 is 0 Å². The van der Waals surface area contributed by atoms with Crippen LogP contribution in [0.25, 0.3) is 0 Å². The number of hydrogen-bond donors (Lipinski definition) is 3. The molecule has 1 amide bonds. The van der Waals surface area contributed by atoms with E-state index in [0.29, 0.717) is 18.8 Å². The zero-order chi connectivity index (χ0) is 15.9. The molecular weight excluding hydrogens is 268 g/mol. The van der Waals surface area contributed by atoms with Crippen LogP contribution in [0.1, 0.15) is 33.3 Å². The molecule has 1 rings (SSSR count). The van der Waals surface area contributed by atoms with Crippen LogP contribution in [0.4, 0.5) is 0 Å². The second-order valence-corrected chi connectivity index (χ2v) is 6.21. The van der Waals surface area contributed by atoms with Gasteiger partial charge in [0.05, 0.1) is 6.10 Å². The van der Waals surface area contributed by atoms with Crippen molar-refractivity contribution in [2.45, 2.75) is 45.9 Å². The van der Waals surface area contributed by atoms with Gasteiger partial charge in [-0.2, -0.15) is 0 Å². The zero-order valence-electron chi connectivity index (χ0n) is 13.3. The first-order valence-corrected chi connectivity index (χ1v) is 7.18. The van der Waals surface area contributed by atoms with Gasteiger partial charge >= 0.3 is 0 Å². The fourth-order valence-electron chi connectivity index (χ4n) is 1.73. The van der Waals surface area contributed by atoms with Crippen LogP contribution in [-0.4, -0.2) is 35.8 Å². The second-order valence-electron chi connectivity index (χ2n) is 6.21. The number of hydrogen-bond acceptors (Lipinski definition) is 4. The molecule has 0 aliphatic rings. The molecule has 0 aliphatic carbocycles. The minimum atomic E-state index is -0.353. The van der Waals surface area contributed by atoms with Crippen LogP contribution in [0.2, 0.25) is 0 Å². The fourth-order valence-corrected chi connectivity index (χ4v) is 1.73. The van der Waals surface area contributed by atoms with E-state index < -0.39 is 0 Å². The van der Waals surface area contributed by atoms with Gasteiger partial charge in [0.1, 0.15) is 5.75 Å². The van der Waals surface area contributed by atoms with Crippen molar-refractivity contribution in [2.24, 2.45) is 0 Å². The highest BCUT2D eigenvalue weighted by molar-refractivity contribution is 5.78. The van der Waals surface area contributed by atoms with E-state index in [1.807, 2.05) is 45.0 Å². The summed E-state index contributed by atoms with van der Waals surface area (Å²) in [4.78, 5) is 11.6. The Labute approximate surface area is 126 Å². The van der Waals surface area contributed by atoms with E-state index in [2.05, 4.69) is 10.6 Å². The maximum atomic E-state index is 11.6. The van der Waals surface area contributed by atoms with Crippen molar-refractivity contribution in [3.63, 3.8) is 0 Å². The maximum Gasteiger partial charge on any atom is 0.258 e. The predicted octanol–water partition coefficient (Wildman–Crippen LogP) is 1.45. The van der Waals surface area contributed by atoms with Crippen LogP contribution in [0.15, 0.2) is 24.3 Å². The highest BCUT2D eigenvalue weighted by atomic mass is 16.5. The molecule has 5 nitrogen and oxygen atoms in total. The van der Waals surface area contributed by atoms with E-state index in [1.165, 1.54) is 0 Å². The molecule has 0 heterocycles. The van der Waals surface area contributed by atoms with Gasteiger partial charge in [-0.05, 0) is 45.4 Å². The first-order valence-electron chi connectivity index (χ1n) is 7.18. The number of aliphatic hydroxyl groups is 1. The lowest BCUT2D eigenvalue weighted by Gasteiger charge is -2.20. The molecule has 0 saturated carbocycles. The third-order valence-electron chi connectivity index (χ3n) is 2.58. The molecule has 0 unspecified atom stereocenters. The second kappa shape index (κ2) is 8.00. The number of carbonyl (C=O) groups is 1. The van der Waals surface area contributed by atoms with Crippen LogP contribution in [0, 0.1) is 0 Å². The number of rotatable bonds is 7. The molecule has 21 heavy (non-hydrogen) atoms. The quantitative estimate of drug-likeness (QED) is 0.712. The van der Waals surface area contributed by atoms with Crippen LogP contribution in [0.3, 0.4) is 0 Å². The van der Waals surface area contributed by atoms with E-state index in [-0.39, 0.29) is 24.2 Å². The lowest BCUT2D eigenvalue weighted by atomic mass is 10.1. The molecule has 0 fully saturated rings. The van der Waals surface area contributed by atoms with Gasteiger partial charge in [-0.3, -0.25) is 4.79 Å². The molecule has 0 radical (unpaired) electrons. The minimum absolute atomic E-state index is 0.0108. The maximum absolute atomic E-state index is 11.6. The van der Waals surface area contributed by atoms with Crippen molar-refractivity contribution in [1.29, 1.82) is 0 Å². The van der Waals surface area contributed by atoms with Gasteiger partial charge in [0.2, 0.25) is 0 Å². The molecule has 0 spiro atoms. The Morgan fingerprint density at radius 1 is 1.29 bits per heavy atom. The van der Waals surface area contributed by atoms with Gasteiger partial charge in [0, 0.05) is 18.6 Å². The summed E-state index contributed by atoms with van der Waals surface area (Å²) >= 11 is 0. The molecule has 0 saturated heterocycles. The first-order chi connectivity index (χ1) is 9.76. The zero-order valence-corrected chi connectivity index (χ0v) is 13.3. The highest BCUT2D eigenvalue weighted by Crippen LogP contribution is 2.12. The summed E-state index contributed by atoms with van der Waals surface area (Å²) in [6.45, 7) is 8.80. The molecule has 5 heteroatoms. The van der Waals surface area contributed by atoms with Gasteiger partial charge in [-0.25, -0.2) is 0 Å². The molecule has 0 aromatic heterocycles. The summed E-state index contributed by atoms with van der Waals surface area (Å²) in [7, 11) is 0. The van der Waals surface area contributed by atoms with Gasteiger partial charge < -0.3 is 20.5 Å². The molecule has 0 bridgehead atoms. The number of carbonyl (C=O) groups excluding carboxylic acids is 1. The largest absolute Gasteiger partial charge is 0.484 e. The Bertz CT molecular complexity index is 436. The van der Waals surface area contributed by atoms with Crippen molar-refractivity contribution in [1.82, 2.24) is 10.6 Å². The van der Waals surface area contributed by atoms with Crippen molar-refractivity contribution in [3.05, 3.63) is 29.8 Å². The van der Waals surface area contributed by atoms with Gasteiger partial charge in [-0.15, -0.1) is 0 Å². The lowest BCUT2D eigenvalue weighted by molar-refractivity contribution is -0.124. The van der Waals surface area contributed by atoms with Crippen LogP contribution in [0.5, 0.6) is 5.75 Å². The molecule has 3 N–H and O–H groups in total. The van der Waals surface area contributed by atoms with Crippen LogP contribution in [-0.2, 0) is 11.3 Å². The smallest absolute Gasteiger partial charge is 0.258 e. The molecule has 118 valence electrons. The number of ether oxygens (including phenoxy) is 1. The highest BCUT2D eigenvalue weighted by Gasteiger charge is 2.13. The van der Waals surface area contributed by atoms with Crippen molar-refractivity contribution in [3.8, 4) is 5.75 Å². The number of benzene rings is 1. The summed E-state index contributed by atoms with van der Waals surface area (Å²) in [6, 6.07) is 7.55. The monoisotopic (exact) mass is 294 g/mol. The summed E-state index contributed by atoms with van der Waals surface area (Å²) in [5.74, 6) is 0.531. The fraction of sp³-hybridized carbons (Fsp3) is 0.562. The number of amides is 1. The van der Waals surface area contributed by atoms with E-state index in [1.54, 1.807) is 6.92 Å². The van der Waals surface area contributed by atoms with Crippen LogP contribution >= 0.6 is 0 Å². The number of aliphatic hydroxyl groups excluding tert-OH is 1. The lowest BCUT2D eigenvalue weighted by Crippen LogP contribution is -2.43. The van der Waals surface area contributed by atoms with E-state index in [9.17, 15) is 4.79 Å². The Kier molecular flexibility index (Phi) is 6.65. The van der Waals surface area contributed by atoms with Crippen LogP contribution < -0.4 is 15.4 Å². The molecule has 1 atom stereocenters. The Balaban J connectivity index is 2.35. The standard InChI is InChI=1S/C16H26N2O3/c1-12(19)9-17-10-13-5-7-14(8-6-13)21-11-15(20)18-16(2,3)4/h5-8,12,17,19H,9-11H2,1-4H3,(H,18,20)/t12-/m0/s1. The first kappa shape index (κ1) is 17.5. The van der Waals surface area contributed by atoms with Gasteiger partial charge in [0.25, 0.3) is 5.91 Å². The summed E-state index contributed by atoms with van der Waals surface area (Å²) in [6.07, 6.45) is -0.353. The summed E-state index contributed by atoms with van der Waals surface area (Å²) in [5.41, 5.74) is 0.849. The number of nitrogens with one attached hydrogen (secondary N) is 2. The normalized spacial score (nSPS) is 12.8. The van der Waals surface area contributed by atoms with Crippen molar-refractivity contribution < 1.29 is 14.6 Å². The van der Waals surface area contributed by atoms with E-state index in [4.69, 9.17) is 9.84 Å². The van der Waals surface area contributed by atoms with Crippen molar-refractivity contribution >= 4 is 5.91 Å². The molecular formula is C16H26N2O3. The predicted molar refractivity (Wildman–Crippen MR) is 83.2 cm³/mol. The average Bonchev–Trinajstić information content (AvgIpc) is 2.35. The Morgan fingerprint density at radius 3 is 2.43 bits per heavy atom. The average molecular weight is 294 g/mol. The summed E-state index contributed by atoms with van der Waals surface area (Å²) in [5, 5.41) is 15.1. The van der Waals surface area contributed by atoms with Gasteiger partial charge in [-0.1, -0.05) is 12.1 Å². The molecule has 1 aromatic rings. The third kappa shape index (κ3) is 8.32. The Hall–Kier alpha value is -1.59.